The minimum Gasteiger partial charge on any atom is -0.493 e. The number of nitrogens with zero attached hydrogens (tertiary/aromatic N) is 2. The monoisotopic (exact) mass is 561 g/mol. The van der Waals surface area contributed by atoms with E-state index in [0.717, 1.165) is 18.8 Å². The van der Waals surface area contributed by atoms with Crippen LogP contribution in [0, 0.1) is 5.82 Å². The van der Waals surface area contributed by atoms with Crippen LogP contribution in [0.4, 0.5) is 15.8 Å². The van der Waals surface area contributed by atoms with Gasteiger partial charge in [0.1, 0.15) is 24.3 Å². The third-order valence-corrected chi connectivity index (χ3v) is 6.54. The third kappa shape index (κ3) is 6.41. The average molecular weight is 562 g/mol. The lowest BCUT2D eigenvalue weighted by Crippen LogP contribution is -2.42. The van der Waals surface area contributed by atoms with Gasteiger partial charge >= 0.3 is 0 Å². The second-order valence-electron chi connectivity index (χ2n) is 8.87. The Labute approximate surface area is 229 Å². The first kappa shape index (κ1) is 28.1. The van der Waals surface area contributed by atoms with Crippen molar-refractivity contribution >= 4 is 35.4 Å². The molecule has 1 atom stereocenters. The summed E-state index contributed by atoms with van der Waals surface area (Å²) in [6.07, 6.45) is 3.82. The highest BCUT2D eigenvalue weighted by Gasteiger charge is 2.29. The molecule has 0 saturated carbocycles. The van der Waals surface area contributed by atoms with Crippen molar-refractivity contribution in [3.8, 4) is 22.8 Å². The molecule has 3 aromatic rings. The molecule has 11 nitrogen and oxygen atoms in total. The van der Waals surface area contributed by atoms with Crippen molar-refractivity contribution in [1.82, 2.24) is 20.2 Å². The number of H-pyrrole nitrogens is 1. The first-order valence-corrected chi connectivity index (χ1v) is 12.5. The number of ether oxygens (including phenoxy) is 3. The number of amides is 1. The van der Waals surface area contributed by atoms with E-state index in [1.54, 1.807) is 18.5 Å². The highest BCUT2D eigenvalue weighted by atomic mass is 35.5. The Kier molecular flexibility index (Phi) is 9.23. The summed E-state index contributed by atoms with van der Waals surface area (Å²) in [6.45, 7) is 2.90. The molecule has 0 aliphatic carbocycles. The van der Waals surface area contributed by atoms with Crippen LogP contribution in [0.25, 0.3) is 11.3 Å². The third-order valence-electron chi connectivity index (χ3n) is 6.26. The van der Waals surface area contributed by atoms with Gasteiger partial charge in [0.15, 0.2) is 5.75 Å². The van der Waals surface area contributed by atoms with Crippen molar-refractivity contribution in [3.63, 3.8) is 0 Å². The molecule has 2 aromatic heterocycles. The smallest absolute Gasteiger partial charge is 0.290 e. The maximum absolute atomic E-state index is 14.3. The molecular formula is C26H29ClFN5O6. The number of hydrogen-bond acceptors (Lipinski definition) is 8. The molecule has 0 unspecified atom stereocenters. The number of aromatic amines is 1. The lowest BCUT2D eigenvalue weighted by molar-refractivity contribution is -0.122. The number of pyridine rings is 1. The molecule has 39 heavy (non-hydrogen) atoms. The number of benzene rings is 1. The summed E-state index contributed by atoms with van der Waals surface area (Å²) in [4.78, 5) is 31.1. The van der Waals surface area contributed by atoms with Crippen LogP contribution in [-0.2, 0) is 16.0 Å². The van der Waals surface area contributed by atoms with Gasteiger partial charge in [0.25, 0.3) is 12.4 Å². The largest absolute Gasteiger partial charge is 0.493 e. The number of hydrogen-bond donors (Lipinski definition) is 4. The van der Waals surface area contributed by atoms with Gasteiger partial charge in [-0.15, -0.1) is 0 Å². The fourth-order valence-corrected chi connectivity index (χ4v) is 4.84. The molecule has 5 rings (SSSR count). The van der Waals surface area contributed by atoms with E-state index in [-0.39, 0.29) is 29.3 Å². The van der Waals surface area contributed by atoms with Crippen LogP contribution in [0.15, 0.2) is 30.6 Å². The molecule has 1 amide bonds. The van der Waals surface area contributed by atoms with Crippen LogP contribution in [0.2, 0.25) is 5.02 Å². The molecule has 0 bridgehead atoms. The van der Waals surface area contributed by atoms with Crippen molar-refractivity contribution in [2.75, 3.05) is 52.3 Å². The van der Waals surface area contributed by atoms with Crippen molar-refractivity contribution < 1.29 is 33.3 Å². The number of halogens is 2. The molecule has 4 N–H and O–H groups in total. The summed E-state index contributed by atoms with van der Waals surface area (Å²) in [5, 5.41) is 13.1. The Hall–Kier alpha value is -3.87. The predicted octanol–water partition coefficient (Wildman–Crippen LogP) is 3.32. The van der Waals surface area contributed by atoms with Gasteiger partial charge in [-0.25, -0.2) is 4.39 Å². The zero-order valence-electron chi connectivity index (χ0n) is 21.4. The molecular weight excluding hydrogens is 533 g/mol. The van der Waals surface area contributed by atoms with E-state index in [1.165, 1.54) is 19.2 Å². The van der Waals surface area contributed by atoms with Gasteiger partial charge in [-0.2, -0.15) is 0 Å². The Balaban J connectivity index is 0.00000112. The van der Waals surface area contributed by atoms with E-state index in [9.17, 15) is 9.18 Å². The van der Waals surface area contributed by atoms with E-state index in [0.29, 0.717) is 60.1 Å². The lowest BCUT2D eigenvalue weighted by Gasteiger charge is -2.30. The number of rotatable bonds is 7. The van der Waals surface area contributed by atoms with E-state index < -0.39 is 5.82 Å². The van der Waals surface area contributed by atoms with E-state index in [4.69, 9.17) is 35.7 Å². The predicted molar refractivity (Wildman–Crippen MR) is 143 cm³/mol. The number of nitrogens with one attached hydrogen (secondary N) is 3. The van der Waals surface area contributed by atoms with Crippen molar-refractivity contribution in [2.45, 2.75) is 12.5 Å². The quantitative estimate of drug-likeness (QED) is 0.320. The molecule has 2 aliphatic heterocycles. The zero-order chi connectivity index (χ0) is 27.9. The second-order valence-corrected chi connectivity index (χ2v) is 9.28. The van der Waals surface area contributed by atoms with E-state index in [1.807, 2.05) is 7.05 Å². The van der Waals surface area contributed by atoms with Crippen molar-refractivity contribution in [3.05, 3.63) is 52.7 Å². The first-order chi connectivity index (χ1) is 18.9. The molecule has 1 fully saturated rings. The normalized spacial score (nSPS) is 16.8. The molecule has 1 saturated heterocycles. The van der Waals surface area contributed by atoms with Gasteiger partial charge in [-0.05, 0) is 19.2 Å². The number of anilines is 2. The SMILES string of the molecule is COc1c(Cl)cc(F)cc1Nc1c(-c2ccncc2OC[C@@H]2CN(C)CCO2)[nH]c2c1C(=O)NCC2.O=CO. The van der Waals surface area contributed by atoms with Crippen molar-refractivity contribution in [1.29, 1.82) is 0 Å². The van der Waals surface area contributed by atoms with Gasteiger partial charge in [0.2, 0.25) is 0 Å². The minimum absolute atomic E-state index is 0.0734. The van der Waals surface area contributed by atoms with Crippen LogP contribution in [-0.4, -0.2) is 85.5 Å². The fraction of sp³-hybridized carbons (Fsp3) is 0.346. The number of carbonyl (C=O) groups excluding carboxylic acids is 1. The molecule has 0 spiro atoms. The average Bonchev–Trinajstić information content (AvgIpc) is 3.27. The number of methoxy groups -OCH3 is 1. The maximum atomic E-state index is 14.3. The minimum atomic E-state index is -0.538. The Morgan fingerprint density at radius 3 is 2.95 bits per heavy atom. The molecule has 208 valence electrons. The van der Waals surface area contributed by atoms with Crippen LogP contribution < -0.4 is 20.1 Å². The number of fused-ring (bicyclic) bond motifs is 1. The van der Waals surface area contributed by atoms with Crippen LogP contribution in [0.1, 0.15) is 16.1 Å². The maximum Gasteiger partial charge on any atom is 0.290 e. The Morgan fingerprint density at radius 2 is 2.21 bits per heavy atom. The Bertz CT molecular complexity index is 1340. The number of aromatic nitrogens is 2. The van der Waals surface area contributed by atoms with Gasteiger partial charge in [-0.3, -0.25) is 14.6 Å². The highest BCUT2D eigenvalue weighted by Crippen LogP contribution is 2.43. The fourth-order valence-electron chi connectivity index (χ4n) is 4.55. The standard InChI is InChI=1S/C25H27ClFN5O4.CH2O2/c1-32-7-8-35-15(12-32)13-36-20-11-28-5-3-16(20)22-23(21-18(30-22)4-6-29-25(21)33)31-19-10-14(27)9-17(26)24(19)34-2;2-1-3/h3,5,9-11,15,30-31H,4,6-8,12-13H2,1-2H3,(H,29,33);1H,(H,2,3)/t15-;/m0./s1. The highest BCUT2D eigenvalue weighted by molar-refractivity contribution is 6.32. The molecule has 2 aliphatic rings. The summed E-state index contributed by atoms with van der Waals surface area (Å²) in [5.41, 5.74) is 3.27. The van der Waals surface area contributed by atoms with Gasteiger partial charge < -0.3 is 39.8 Å². The van der Waals surface area contributed by atoms with E-state index in [2.05, 4.69) is 25.5 Å². The summed E-state index contributed by atoms with van der Waals surface area (Å²) >= 11 is 6.22. The first-order valence-electron chi connectivity index (χ1n) is 12.1. The topological polar surface area (TPSA) is 138 Å². The van der Waals surface area contributed by atoms with Crippen LogP contribution >= 0.6 is 11.6 Å². The summed E-state index contributed by atoms with van der Waals surface area (Å²) in [5.74, 6) is 0.0162. The second kappa shape index (κ2) is 12.8. The number of carbonyl (C=O) groups is 2. The summed E-state index contributed by atoms with van der Waals surface area (Å²) in [7, 11) is 3.49. The zero-order valence-corrected chi connectivity index (χ0v) is 22.2. The van der Waals surface area contributed by atoms with Crippen LogP contribution in [0.5, 0.6) is 11.5 Å². The summed E-state index contributed by atoms with van der Waals surface area (Å²) < 4.78 is 31.7. The molecule has 0 radical (unpaired) electrons. The van der Waals surface area contributed by atoms with Gasteiger partial charge in [0.05, 0.1) is 47.6 Å². The van der Waals surface area contributed by atoms with Gasteiger partial charge in [0, 0.05) is 49.6 Å². The number of carboxylic acid groups (broad SMARTS) is 1. The Morgan fingerprint density at radius 1 is 1.41 bits per heavy atom. The van der Waals surface area contributed by atoms with E-state index >= 15 is 0 Å². The summed E-state index contributed by atoms with van der Waals surface area (Å²) in [6, 6.07) is 4.25. The molecule has 1 aromatic carbocycles. The molecule has 4 heterocycles. The lowest BCUT2D eigenvalue weighted by atomic mass is 10.0. The van der Waals surface area contributed by atoms with Crippen molar-refractivity contribution in [2.24, 2.45) is 0 Å². The number of likely N-dealkylation sites (N-methyl/N-ethyl adjacent to an activating group) is 1. The molecule has 13 heteroatoms. The van der Waals surface area contributed by atoms with Gasteiger partial charge in [-0.1, -0.05) is 11.6 Å². The van der Waals surface area contributed by atoms with Crippen LogP contribution in [0.3, 0.4) is 0 Å². The number of morpholine rings is 1.